The smallest absolute Gasteiger partial charge is 0.225 e. The summed E-state index contributed by atoms with van der Waals surface area (Å²) >= 11 is 0. The van der Waals surface area contributed by atoms with Gasteiger partial charge in [-0.2, -0.15) is 0 Å². The predicted octanol–water partition coefficient (Wildman–Crippen LogP) is 1.92. The summed E-state index contributed by atoms with van der Waals surface area (Å²) in [5.41, 5.74) is 0. The largest absolute Gasteiger partial charge is 0.372 e. The zero-order chi connectivity index (χ0) is 8.04. The van der Waals surface area contributed by atoms with Gasteiger partial charge in [-0.05, 0) is 13.8 Å². The lowest BCUT2D eigenvalue weighted by molar-refractivity contribution is 0.177. The van der Waals surface area contributed by atoms with Crippen LogP contribution in [0.25, 0.3) is 0 Å². The Balaban J connectivity index is 3.53. The van der Waals surface area contributed by atoms with Crippen LogP contribution in [-0.4, -0.2) is 26.2 Å². The van der Waals surface area contributed by atoms with Crippen LogP contribution in [0.1, 0.15) is 13.8 Å². The maximum atomic E-state index is 11.2. The summed E-state index contributed by atoms with van der Waals surface area (Å²) in [4.78, 5) is 0. The topological polar surface area (TPSA) is 35.5 Å². The van der Waals surface area contributed by atoms with Crippen molar-refractivity contribution < 1.29 is 13.8 Å². The third-order valence-corrected chi connectivity index (χ3v) is 2.39. The van der Waals surface area contributed by atoms with E-state index in [1.807, 2.05) is 13.8 Å². The Bertz CT molecular complexity index is 124. The van der Waals surface area contributed by atoms with Crippen molar-refractivity contribution in [2.24, 2.45) is 0 Å². The third-order valence-electron chi connectivity index (χ3n) is 0.932. The molecule has 0 spiro atoms. The highest BCUT2D eigenvalue weighted by atomic mass is 31.2. The van der Waals surface area contributed by atoms with Crippen molar-refractivity contribution in [2.75, 3.05) is 26.2 Å². The lowest BCUT2D eigenvalue weighted by atomic mass is 10.9. The normalized spacial score (nSPS) is 16.7. The van der Waals surface area contributed by atoms with E-state index in [1.54, 1.807) is 6.66 Å². The fourth-order valence-corrected chi connectivity index (χ4v) is 1.70. The molecule has 0 N–H and O–H groups in total. The lowest BCUT2D eigenvalue weighted by Gasteiger charge is -2.11. The average molecular weight is 166 g/mol. The SMILES string of the molecule is CCOCP(C)(=O)OCC. The van der Waals surface area contributed by atoms with E-state index in [-0.39, 0.29) is 6.35 Å². The summed E-state index contributed by atoms with van der Waals surface area (Å²) in [5.74, 6) is 0. The van der Waals surface area contributed by atoms with Crippen molar-refractivity contribution in [3.8, 4) is 0 Å². The van der Waals surface area contributed by atoms with E-state index < -0.39 is 7.37 Å². The van der Waals surface area contributed by atoms with Crippen LogP contribution in [0.3, 0.4) is 0 Å². The monoisotopic (exact) mass is 166 g/mol. The van der Waals surface area contributed by atoms with E-state index in [9.17, 15) is 4.57 Å². The summed E-state index contributed by atoms with van der Waals surface area (Å²) < 4.78 is 21.2. The number of ether oxygens (including phenoxy) is 1. The van der Waals surface area contributed by atoms with Crippen molar-refractivity contribution >= 4 is 7.37 Å². The van der Waals surface area contributed by atoms with Gasteiger partial charge < -0.3 is 9.26 Å². The van der Waals surface area contributed by atoms with Gasteiger partial charge in [0, 0.05) is 13.3 Å². The molecule has 0 fully saturated rings. The van der Waals surface area contributed by atoms with Gasteiger partial charge in [0.1, 0.15) is 6.35 Å². The zero-order valence-corrected chi connectivity index (χ0v) is 7.69. The van der Waals surface area contributed by atoms with Crippen LogP contribution < -0.4 is 0 Å². The molecule has 1 unspecified atom stereocenters. The maximum Gasteiger partial charge on any atom is 0.225 e. The van der Waals surface area contributed by atoms with Gasteiger partial charge in [0.25, 0.3) is 0 Å². The second-order valence-corrected chi connectivity index (χ2v) is 4.60. The highest BCUT2D eigenvalue weighted by Gasteiger charge is 2.13. The molecule has 0 aromatic heterocycles. The molecule has 0 aliphatic heterocycles. The molecule has 0 amide bonds. The predicted molar refractivity (Wildman–Crippen MR) is 41.6 cm³/mol. The summed E-state index contributed by atoms with van der Waals surface area (Å²) in [6.45, 7) is 6.35. The van der Waals surface area contributed by atoms with E-state index in [0.717, 1.165) is 0 Å². The van der Waals surface area contributed by atoms with Crippen molar-refractivity contribution in [3.05, 3.63) is 0 Å². The Labute approximate surface area is 62.2 Å². The molecule has 4 heteroatoms. The van der Waals surface area contributed by atoms with E-state index in [2.05, 4.69) is 0 Å². The molecule has 0 aromatic rings. The first-order chi connectivity index (χ1) is 4.62. The molecule has 1 atom stereocenters. The van der Waals surface area contributed by atoms with Crippen molar-refractivity contribution in [2.45, 2.75) is 13.8 Å². The van der Waals surface area contributed by atoms with Gasteiger partial charge in [0.2, 0.25) is 7.37 Å². The standard InChI is InChI=1S/C6H15O3P/c1-4-8-6-10(3,7)9-5-2/h4-6H2,1-3H3. The Morgan fingerprint density at radius 3 is 2.30 bits per heavy atom. The van der Waals surface area contributed by atoms with Crippen LogP contribution in [0.4, 0.5) is 0 Å². The van der Waals surface area contributed by atoms with Crippen LogP contribution in [0.5, 0.6) is 0 Å². The summed E-state index contributed by atoms with van der Waals surface area (Å²) in [7, 11) is -2.43. The number of hydrogen-bond donors (Lipinski definition) is 0. The van der Waals surface area contributed by atoms with Gasteiger partial charge in [-0.3, -0.25) is 4.57 Å². The van der Waals surface area contributed by atoms with E-state index in [1.165, 1.54) is 0 Å². The van der Waals surface area contributed by atoms with E-state index in [0.29, 0.717) is 13.2 Å². The van der Waals surface area contributed by atoms with Crippen molar-refractivity contribution in [3.63, 3.8) is 0 Å². The molecule has 0 saturated carbocycles. The summed E-state index contributed by atoms with van der Waals surface area (Å²) in [6.07, 6.45) is 0.233. The summed E-state index contributed by atoms with van der Waals surface area (Å²) in [5, 5.41) is 0. The van der Waals surface area contributed by atoms with Crippen molar-refractivity contribution in [1.82, 2.24) is 0 Å². The quantitative estimate of drug-likeness (QED) is 0.585. The van der Waals surface area contributed by atoms with Gasteiger partial charge in [0.15, 0.2) is 0 Å². The van der Waals surface area contributed by atoms with Gasteiger partial charge >= 0.3 is 0 Å². The molecule has 3 nitrogen and oxygen atoms in total. The number of hydrogen-bond acceptors (Lipinski definition) is 3. The Hall–Kier alpha value is 0.150. The van der Waals surface area contributed by atoms with Gasteiger partial charge in [-0.1, -0.05) is 0 Å². The molecule has 10 heavy (non-hydrogen) atoms. The molecule has 62 valence electrons. The molecule has 0 bridgehead atoms. The summed E-state index contributed by atoms with van der Waals surface area (Å²) in [6, 6.07) is 0. The Kier molecular flexibility index (Phi) is 4.96. The minimum Gasteiger partial charge on any atom is -0.372 e. The minimum atomic E-state index is -2.43. The first kappa shape index (κ1) is 10.2. The van der Waals surface area contributed by atoms with Crippen LogP contribution in [-0.2, 0) is 13.8 Å². The molecular formula is C6H15O3P. The van der Waals surface area contributed by atoms with E-state index >= 15 is 0 Å². The molecule has 0 aliphatic carbocycles. The average Bonchev–Trinajstić information content (AvgIpc) is 1.84. The molecule has 0 radical (unpaired) electrons. The minimum absolute atomic E-state index is 0.233. The van der Waals surface area contributed by atoms with Gasteiger partial charge in [-0.25, -0.2) is 0 Å². The first-order valence-electron chi connectivity index (χ1n) is 3.41. The van der Waals surface area contributed by atoms with Gasteiger partial charge in [0.05, 0.1) is 6.61 Å². The van der Waals surface area contributed by atoms with Crippen LogP contribution in [0.2, 0.25) is 0 Å². The fourth-order valence-electron chi connectivity index (χ4n) is 0.567. The van der Waals surface area contributed by atoms with Crippen molar-refractivity contribution in [1.29, 1.82) is 0 Å². The molecule has 0 aromatic carbocycles. The lowest BCUT2D eigenvalue weighted by Crippen LogP contribution is -1.97. The Morgan fingerprint density at radius 2 is 1.90 bits per heavy atom. The third kappa shape index (κ3) is 4.98. The second kappa shape index (κ2) is 4.89. The highest BCUT2D eigenvalue weighted by Crippen LogP contribution is 2.41. The molecule has 0 rings (SSSR count). The van der Waals surface area contributed by atoms with Crippen LogP contribution in [0, 0.1) is 0 Å². The number of rotatable bonds is 5. The van der Waals surface area contributed by atoms with E-state index in [4.69, 9.17) is 9.26 Å². The molecule has 0 aliphatic rings. The second-order valence-electron chi connectivity index (χ2n) is 2.05. The first-order valence-corrected chi connectivity index (χ1v) is 5.67. The zero-order valence-electron chi connectivity index (χ0n) is 6.79. The van der Waals surface area contributed by atoms with Crippen LogP contribution >= 0.6 is 7.37 Å². The molecule has 0 heterocycles. The maximum absolute atomic E-state index is 11.2. The highest BCUT2D eigenvalue weighted by molar-refractivity contribution is 7.57. The molecular weight excluding hydrogens is 151 g/mol. The molecule has 0 saturated heterocycles. The van der Waals surface area contributed by atoms with Gasteiger partial charge in [-0.15, -0.1) is 0 Å². The fraction of sp³-hybridized carbons (Fsp3) is 1.00. The Morgan fingerprint density at radius 1 is 1.30 bits per heavy atom. The van der Waals surface area contributed by atoms with Crippen LogP contribution in [0.15, 0.2) is 0 Å².